The van der Waals surface area contributed by atoms with Crippen LogP contribution in [0.2, 0.25) is 0 Å². The summed E-state index contributed by atoms with van der Waals surface area (Å²) in [5.74, 6) is 0.236. The highest BCUT2D eigenvalue weighted by molar-refractivity contribution is 5.81. The Balaban J connectivity index is 2.04. The van der Waals surface area contributed by atoms with Gasteiger partial charge in [0.05, 0.1) is 6.33 Å². The van der Waals surface area contributed by atoms with Crippen LogP contribution in [0.4, 0.5) is 5.82 Å². The third-order valence-corrected chi connectivity index (χ3v) is 3.09. The van der Waals surface area contributed by atoms with E-state index in [9.17, 15) is 10.2 Å². The molecule has 4 N–H and O–H groups in total. The van der Waals surface area contributed by atoms with Gasteiger partial charge >= 0.3 is 0 Å². The number of hydrogen-bond acceptors (Lipinski definition) is 8. The molecule has 2 aromatic rings. The molecule has 9 heteroatoms. The molecule has 1 aliphatic rings. The third-order valence-electron chi connectivity index (χ3n) is 3.09. The lowest BCUT2D eigenvalue weighted by Crippen LogP contribution is -2.32. The van der Waals surface area contributed by atoms with E-state index >= 15 is 0 Å². The second-order valence-electron chi connectivity index (χ2n) is 4.19. The van der Waals surface area contributed by atoms with Crippen LogP contribution in [0.1, 0.15) is 6.23 Å². The largest absolute Gasteiger partial charge is 0.385 e. The minimum Gasteiger partial charge on any atom is -0.385 e. The van der Waals surface area contributed by atoms with Crippen LogP contribution >= 0.6 is 0 Å². The topological polar surface area (TPSA) is 129 Å². The van der Waals surface area contributed by atoms with Gasteiger partial charge in [-0.2, -0.15) is 0 Å². The highest BCUT2D eigenvalue weighted by Crippen LogP contribution is 2.31. The molecule has 3 heterocycles. The summed E-state index contributed by atoms with van der Waals surface area (Å²) < 4.78 is 11.8. The van der Waals surface area contributed by atoms with Gasteiger partial charge in [0.25, 0.3) is 0 Å². The van der Waals surface area contributed by atoms with Crippen LogP contribution in [0, 0.1) is 0 Å². The van der Waals surface area contributed by atoms with Crippen molar-refractivity contribution in [2.75, 3.05) is 12.8 Å². The van der Waals surface area contributed by atoms with Gasteiger partial charge in [0.1, 0.15) is 24.1 Å². The second kappa shape index (κ2) is 4.38. The number of nitrogens with two attached hydrogens (primary N) is 1. The smallest absolute Gasteiger partial charge is 0.188 e. The summed E-state index contributed by atoms with van der Waals surface area (Å²) in [6.45, 7) is 0. The molecule has 0 bridgehead atoms. The van der Waals surface area contributed by atoms with E-state index in [1.165, 1.54) is 24.3 Å². The molecule has 9 nitrogen and oxygen atoms in total. The molecule has 0 aromatic carbocycles. The number of anilines is 1. The number of methoxy groups -OCH3 is 1. The quantitative estimate of drug-likeness (QED) is 0.608. The molecule has 1 fully saturated rings. The van der Waals surface area contributed by atoms with Crippen LogP contribution in [0.3, 0.4) is 0 Å². The van der Waals surface area contributed by atoms with Gasteiger partial charge in [0.15, 0.2) is 24.0 Å². The molecule has 3 rings (SSSR count). The molecule has 1 aliphatic heterocycles. The zero-order valence-electron chi connectivity index (χ0n) is 10.0. The number of rotatable bonds is 2. The molecule has 0 saturated carbocycles. The summed E-state index contributed by atoms with van der Waals surface area (Å²) in [6.07, 6.45) is -1.34. The predicted molar refractivity (Wildman–Crippen MR) is 62.7 cm³/mol. The molecule has 2 aromatic heterocycles. The average molecular weight is 267 g/mol. The lowest BCUT2D eigenvalue weighted by molar-refractivity contribution is -0.160. The maximum absolute atomic E-state index is 9.98. The molecular weight excluding hydrogens is 254 g/mol. The molecule has 102 valence electrons. The lowest BCUT2D eigenvalue weighted by Gasteiger charge is -2.15. The van der Waals surface area contributed by atoms with Gasteiger partial charge in [-0.15, -0.1) is 0 Å². The zero-order chi connectivity index (χ0) is 13.6. The number of aromatic nitrogens is 4. The van der Waals surface area contributed by atoms with Gasteiger partial charge in [-0.05, 0) is 0 Å². The van der Waals surface area contributed by atoms with E-state index in [-0.39, 0.29) is 5.82 Å². The molecule has 0 radical (unpaired) electrons. The normalized spacial score (nSPS) is 31.1. The fourth-order valence-corrected chi connectivity index (χ4v) is 2.11. The summed E-state index contributed by atoms with van der Waals surface area (Å²) in [7, 11) is 1.38. The van der Waals surface area contributed by atoms with Crippen LogP contribution in [0.25, 0.3) is 11.2 Å². The Kier molecular flexibility index (Phi) is 2.82. The summed E-state index contributed by atoms with van der Waals surface area (Å²) in [4.78, 5) is 12.0. The summed E-state index contributed by atoms with van der Waals surface area (Å²) in [6, 6.07) is 0. The van der Waals surface area contributed by atoms with E-state index in [4.69, 9.17) is 15.2 Å². The van der Waals surface area contributed by atoms with Crippen LogP contribution in [-0.4, -0.2) is 55.3 Å². The van der Waals surface area contributed by atoms with E-state index < -0.39 is 24.7 Å². The van der Waals surface area contributed by atoms with E-state index in [2.05, 4.69) is 15.0 Å². The Morgan fingerprint density at radius 2 is 2.11 bits per heavy atom. The number of nitrogen functional groups attached to an aromatic ring is 1. The second-order valence-corrected chi connectivity index (χ2v) is 4.19. The Bertz CT molecular complexity index is 603. The van der Waals surface area contributed by atoms with Crippen LogP contribution < -0.4 is 5.73 Å². The number of imidazole rings is 1. The highest BCUT2D eigenvalue weighted by Gasteiger charge is 2.44. The Morgan fingerprint density at radius 1 is 1.32 bits per heavy atom. The molecule has 4 atom stereocenters. The van der Waals surface area contributed by atoms with Gasteiger partial charge in [-0.1, -0.05) is 0 Å². The minimum absolute atomic E-state index is 0.236. The van der Waals surface area contributed by atoms with Crippen LogP contribution in [0.15, 0.2) is 12.7 Å². The van der Waals surface area contributed by atoms with Crippen LogP contribution in [-0.2, 0) is 9.47 Å². The van der Waals surface area contributed by atoms with Gasteiger partial charge in [-0.3, -0.25) is 4.57 Å². The number of aliphatic hydroxyl groups is 2. The van der Waals surface area contributed by atoms with Crippen molar-refractivity contribution in [3.05, 3.63) is 12.7 Å². The van der Waals surface area contributed by atoms with E-state index in [0.717, 1.165) is 0 Å². The van der Waals surface area contributed by atoms with Gasteiger partial charge in [-0.25, -0.2) is 15.0 Å². The van der Waals surface area contributed by atoms with Crippen molar-refractivity contribution in [3.8, 4) is 0 Å². The molecule has 2 unspecified atom stereocenters. The maximum Gasteiger partial charge on any atom is 0.188 e. The van der Waals surface area contributed by atoms with Gasteiger partial charge in [0.2, 0.25) is 0 Å². The highest BCUT2D eigenvalue weighted by atomic mass is 16.7. The molecule has 19 heavy (non-hydrogen) atoms. The predicted octanol–water partition coefficient (Wildman–Crippen LogP) is -1.37. The lowest BCUT2D eigenvalue weighted by atomic mass is 10.2. The Labute approximate surface area is 107 Å². The molecule has 0 aliphatic carbocycles. The SMILES string of the molecule is CO[C@H]1O[C@@H](n2cnc3c(N)ncnc32)C(O)C1O. The summed E-state index contributed by atoms with van der Waals surface area (Å²) in [5, 5.41) is 19.7. The molecule has 0 amide bonds. The van der Waals surface area contributed by atoms with E-state index in [1.807, 2.05) is 0 Å². The fourth-order valence-electron chi connectivity index (χ4n) is 2.11. The first-order chi connectivity index (χ1) is 9.13. The number of nitrogens with zero attached hydrogens (tertiary/aromatic N) is 4. The van der Waals surface area contributed by atoms with Crippen LogP contribution in [0.5, 0.6) is 0 Å². The van der Waals surface area contributed by atoms with Crippen molar-refractivity contribution in [2.45, 2.75) is 24.7 Å². The van der Waals surface area contributed by atoms with Gasteiger partial charge in [0, 0.05) is 7.11 Å². The molecule has 1 saturated heterocycles. The first-order valence-corrected chi connectivity index (χ1v) is 5.61. The number of fused-ring (bicyclic) bond motifs is 1. The van der Waals surface area contributed by atoms with Crippen molar-refractivity contribution in [2.24, 2.45) is 0 Å². The third kappa shape index (κ3) is 1.75. The molecule has 0 spiro atoms. The van der Waals surface area contributed by atoms with E-state index in [0.29, 0.717) is 11.2 Å². The van der Waals surface area contributed by atoms with Gasteiger partial charge < -0.3 is 25.4 Å². The fraction of sp³-hybridized carbons (Fsp3) is 0.500. The first-order valence-electron chi connectivity index (χ1n) is 5.61. The Morgan fingerprint density at radius 3 is 2.79 bits per heavy atom. The van der Waals surface area contributed by atoms with Crippen molar-refractivity contribution in [1.29, 1.82) is 0 Å². The summed E-state index contributed by atoms with van der Waals surface area (Å²) in [5.41, 5.74) is 6.51. The monoisotopic (exact) mass is 267 g/mol. The first kappa shape index (κ1) is 12.2. The standard InChI is InChI=1S/C10H13N5O4/c1-18-10-6(17)5(16)9(19-10)15-3-14-4-7(11)12-2-13-8(4)15/h2-3,5-6,9-10,16-17H,1H3,(H2,11,12,13)/t5?,6?,9-,10+/m1/s1. The molecular formula is C10H13N5O4. The van der Waals surface area contributed by atoms with Crippen molar-refractivity contribution < 1.29 is 19.7 Å². The number of hydrogen-bond donors (Lipinski definition) is 3. The minimum atomic E-state index is -1.15. The van der Waals surface area contributed by atoms with E-state index in [1.54, 1.807) is 0 Å². The van der Waals surface area contributed by atoms with Crippen molar-refractivity contribution in [1.82, 2.24) is 19.5 Å². The number of aliphatic hydroxyl groups excluding tert-OH is 2. The zero-order valence-corrected chi connectivity index (χ0v) is 10.0. The van der Waals surface area contributed by atoms with Crippen molar-refractivity contribution >= 4 is 17.0 Å². The maximum atomic E-state index is 9.98. The summed E-state index contributed by atoms with van der Waals surface area (Å²) >= 11 is 0. The average Bonchev–Trinajstić information content (AvgIpc) is 2.94. The van der Waals surface area contributed by atoms with Crippen molar-refractivity contribution in [3.63, 3.8) is 0 Å². The number of ether oxygens (including phenoxy) is 2. The Hall–Kier alpha value is -1.81.